The second-order valence-corrected chi connectivity index (χ2v) is 7.78. The number of rotatable bonds is 9. The highest BCUT2D eigenvalue weighted by Gasteiger charge is 2.17. The Bertz CT molecular complexity index is 685. The highest BCUT2D eigenvalue weighted by Crippen LogP contribution is 2.23. The van der Waals surface area contributed by atoms with E-state index in [-0.39, 0.29) is 24.0 Å². The number of guanidine groups is 1. The van der Waals surface area contributed by atoms with Gasteiger partial charge >= 0.3 is 0 Å². The van der Waals surface area contributed by atoms with Crippen LogP contribution in [-0.4, -0.2) is 38.9 Å². The average molecular weight is 513 g/mol. The minimum atomic E-state index is 0. The van der Waals surface area contributed by atoms with Gasteiger partial charge in [-0.2, -0.15) is 0 Å². The van der Waals surface area contributed by atoms with E-state index in [0.717, 1.165) is 56.4 Å². The molecule has 5 nitrogen and oxygen atoms in total. The maximum Gasteiger partial charge on any atom is 0.191 e. The number of benzene rings is 1. The van der Waals surface area contributed by atoms with Gasteiger partial charge in [0.15, 0.2) is 5.96 Å². The van der Waals surface area contributed by atoms with Crippen molar-refractivity contribution in [1.82, 2.24) is 10.6 Å². The number of hydrogen-bond donors (Lipinski definition) is 2. The van der Waals surface area contributed by atoms with Gasteiger partial charge in [-0.25, -0.2) is 4.99 Å². The smallest absolute Gasteiger partial charge is 0.191 e. The highest BCUT2D eigenvalue weighted by atomic mass is 127. The van der Waals surface area contributed by atoms with Gasteiger partial charge in [0.2, 0.25) is 0 Å². The van der Waals surface area contributed by atoms with Gasteiger partial charge in [0, 0.05) is 31.2 Å². The topological polar surface area (TPSA) is 54.9 Å². The lowest BCUT2D eigenvalue weighted by Crippen LogP contribution is -2.37. The largest absolute Gasteiger partial charge is 0.493 e. The lowest BCUT2D eigenvalue weighted by Gasteiger charge is -2.15. The molecule has 1 aliphatic carbocycles. The molecule has 1 fully saturated rings. The van der Waals surface area contributed by atoms with Gasteiger partial charge in [-0.05, 0) is 57.6 Å². The monoisotopic (exact) mass is 513 g/mol. The first kappa shape index (κ1) is 24.0. The van der Waals surface area contributed by atoms with E-state index in [9.17, 15) is 0 Å². The number of hydrogen-bond acceptors (Lipinski definition) is 3. The number of aryl methyl sites for hydroxylation is 1. The van der Waals surface area contributed by atoms with Crippen molar-refractivity contribution in [3.8, 4) is 5.75 Å². The molecule has 1 saturated heterocycles. The van der Waals surface area contributed by atoms with Crippen LogP contribution in [0.1, 0.15) is 50.2 Å². The Hall–Kier alpha value is -1.28. The summed E-state index contributed by atoms with van der Waals surface area (Å²) >= 11 is 0. The van der Waals surface area contributed by atoms with Gasteiger partial charge in [0.1, 0.15) is 5.75 Å². The predicted octanol–water partition coefficient (Wildman–Crippen LogP) is 4.58. The molecule has 162 valence electrons. The summed E-state index contributed by atoms with van der Waals surface area (Å²) in [5, 5.41) is 6.81. The summed E-state index contributed by atoms with van der Waals surface area (Å²) in [6, 6.07) is 6.38. The van der Waals surface area contributed by atoms with E-state index >= 15 is 0 Å². The molecule has 29 heavy (non-hydrogen) atoms. The molecule has 2 aliphatic rings. The fourth-order valence-corrected chi connectivity index (χ4v) is 3.66. The molecule has 0 bridgehead atoms. The van der Waals surface area contributed by atoms with E-state index in [1.54, 1.807) is 5.57 Å². The molecule has 1 heterocycles. The molecular formula is C23H36IN3O2. The van der Waals surface area contributed by atoms with Crippen molar-refractivity contribution in [1.29, 1.82) is 0 Å². The van der Waals surface area contributed by atoms with Crippen LogP contribution in [0.3, 0.4) is 0 Å². The van der Waals surface area contributed by atoms with Crippen LogP contribution < -0.4 is 15.4 Å². The van der Waals surface area contributed by atoms with Crippen molar-refractivity contribution in [3.05, 3.63) is 41.0 Å². The molecule has 6 heteroatoms. The lowest BCUT2D eigenvalue weighted by molar-refractivity contribution is 0.166. The maximum absolute atomic E-state index is 6.15. The maximum atomic E-state index is 6.15. The van der Waals surface area contributed by atoms with Crippen molar-refractivity contribution < 1.29 is 9.47 Å². The molecule has 1 aliphatic heterocycles. The van der Waals surface area contributed by atoms with Gasteiger partial charge in [-0.3, -0.25) is 0 Å². The van der Waals surface area contributed by atoms with Gasteiger partial charge in [0.25, 0.3) is 0 Å². The zero-order chi connectivity index (χ0) is 19.6. The first-order valence-corrected chi connectivity index (χ1v) is 10.7. The third-order valence-corrected chi connectivity index (χ3v) is 5.35. The fourth-order valence-electron chi connectivity index (χ4n) is 3.66. The molecule has 1 atom stereocenters. The number of ether oxygens (including phenoxy) is 2. The number of nitrogens with zero attached hydrogens (tertiary/aromatic N) is 1. The molecule has 2 N–H and O–H groups in total. The van der Waals surface area contributed by atoms with Gasteiger partial charge in [0.05, 0.1) is 19.8 Å². The van der Waals surface area contributed by atoms with E-state index in [2.05, 4.69) is 48.8 Å². The molecule has 3 rings (SSSR count). The molecule has 1 unspecified atom stereocenters. The summed E-state index contributed by atoms with van der Waals surface area (Å²) in [4.78, 5) is 4.79. The van der Waals surface area contributed by atoms with E-state index in [1.807, 2.05) is 0 Å². The third kappa shape index (κ3) is 8.16. The second-order valence-electron chi connectivity index (χ2n) is 7.78. The SMILES string of the molecule is CCNC(=NCc1ccc(C)cc1OCC1CCOC1)NCCC1=CCCC1.I. The molecule has 1 aromatic carbocycles. The van der Waals surface area contributed by atoms with Crippen molar-refractivity contribution >= 4 is 29.9 Å². The van der Waals surface area contributed by atoms with E-state index in [1.165, 1.54) is 24.8 Å². The van der Waals surface area contributed by atoms with Crippen molar-refractivity contribution in [2.24, 2.45) is 10.9 Å². The Kier molecular flexibility index (Phi) is 10.8. The number of aliphatic imine (C=N–C) groups is 1. The molecule has 0 aromatic heterocycles. The van der Waals surface area contributed by atoms with Gasteiger partial charge in [-0.1, -0.05) is 23.8 Å². The van der Waals surface area contributed by atoms with Crippen LogP contribution in [0.5, 0.6) is 5.75 Å². The van der Waals surface area contributed by atoms with E-state index in [4.69, 9.17) is 14.5 Å². The van der Waals surface area contributed by atoms with Crippen molar-refractivity contribution in [2.45, 2.75) is 52.5 Å². The summed E-state index contributed by atoms with van der Waals surface area (Å²) in [5.74, 6) is 2.32. The summed E-state index contributed by atoms with van der Waals surface area (Å²) in [5.41, 5.74) is 3.91. The summed E-state index contributed by atoms with van der Waals surface area (Å²) in [6.45, 7) is 8.97. The van der Waals surface area contributed by atoms with Gasteiger partial charge < -0.3 is 20.1 Å². The van der Waals surface area contributed by atoms with Crippen LogP contribution in [0, 0.1) is 12.8 Å². The number of allylic oxidation sites excluding steroid dienone is 1. The molecule has 1 aromatic rings. The Balaban J connectivity index is 0.00000300. The summed E-state index contributed by atoms with van der Waals surface area (Å²) in [6.07, 6.45) is 8.39. The van der Waals surface area contributed by atoms with Crippen LogP contribution in [0.2, 0.25) is 0 Å². The minimum absolute atomic E-state index is 0. The standard InChI is InChI=1S/C23H35N3O2.HI/c1-3-24-23(25-12-10-19-6-4-5-7-19)26-15-21-9-8-18(2)14-22(21)28-17-20-11-13-27-16-20;/h6,8-9,14,20H,3-5,7,10-13,15-17H2,1-2H3,(H2,24,25,26);1H. The minimum Gasteiger partial charge on any atom is -0.493 e. The quantitative estimate of drug-likeness (QED) is 0.220. The molecule has 0 saturated carbocycles. The predicted molar refractivity (Wildman–Crippen MR) is 130 cm³/mol. The lowest BCUT2D eigenvalue weighted by atomic mass is 10.1. The van der Waals surface area contributed by atoms with E-state index in [0.29, 0.717) is 19.1 Å². The van der Waals surface area contributed by atoms with Crippen molar-refractivity contribution in [3.63, 3.8) is 0 Å². The van der Waals surface area contributed by atoms with Crippen molar-refractivity contribution in [2.75, 3.05) is 32.9 Å². The number of nitrogens with one attached hydrogen (secondary N) is 2. The summed E-state index contributed by atoms with van der Waals surface area (Å²) < 4.78 is 11.6. The fraction of sp³-hybridized carbons (Fsp3) is 0.609. The van der Waals surface area contributed by atoms with Crippen LogP contribution in [0.15, 0.2) is 34.8 Å². The van der Waals surface area contributed by atoms with Crippen LogP contribution in [0.4, 0.5) is 0 Å². The third-order valence-electron chi connectivity index (χ3n) is 5.35. The van der Waals surface area contributed by atoms with E-state index < -0.39 is 0 Å². The Morgan fingerprint density at radius 1 is 1.31 bits per heavy atom. The normalized spacial score (nSPS) is 18.9. The molecule has 0 spiro atoms. The zero-order valence-corrected chi connectivity index (χ0v) is 20.2. The Morgan fingerprint density at radius 3 is 2.93 bits per heavy atom. The highest BCUT2D eigenvalue weighted by molar-refractivity contribution is 14.0. The van der Waals surface area contributed by atoms with Gasteiger partial charge in [-0.15, -0.1) is 24.0 Å². The average Bonchev–Trinajstić information content (AvgIpc) is 3.39. The Morgan fingerprint density at radius 2 is 2.21 bits per heavy atom. The zero-order valence-electron chi connectivity index (χ0n) is 17.8. The van der Waals surface area contributed by atoms with Crippen LogP contribution >= 0.6 is 24.0 Å². The first-order valence-electron chi connectivity index (χ1n) is 10.7. The number of halogens is 1. The molecule has 0 radical (unpaired) electrons. The van der Waals surface area contributed by atoms with Crippen LogP contribution in [-0.2, 0) is 11.3 Å². The molecule has 0 amide bonds. The Labute approximate surface area is 192 Å². The first-order chi connectivity index (χ1) is 13.7. The van der Waals surface area contributed by atoms with Crippen LogP contribution in [0.25, 0.3) is 0 Å². The molecular weight excluding hydrogens is 477 g/mol. The summed E-state index contributed by atoms with van der Waals surface area (Å²) in [7, 11) is 0. The second kappa shape index (κ2) is 13.1.